The van der Waals surface area contributed by atoms with Crippen LogP contribution in [0.3, 0.4) is 0 Å². The Balaban J connectivity index is 1.95. The zero-order valence-electron chi connectivity index (χ0n) is 13.7. The molecule has 0 radical (unpaired) electrons. The second-order valence-electron chi connectivity index (χ2n) is 5.50. The molecule has 0 bridgehead atoms. The minimum absolute atomic E-state index is 0.0565. The van der Waals surface area contributed by atoms with Gasteiger partial charge in [-0.25, -0.2) is 0 Å². The Bertz CT molecular complexity index is 657. The predicted octanol–water partition coefficient (Wildman–Crippen LogP) is 1.78. The number of anilines is 1. The van der Waals surface area contributed by atoms with Gasteiger partial charge in [0.1, 0.15) is 0 Å². The maximum atomic E-state index is 10.8. The first kappa shape index (κ1) is 16.8. The van der Waals surface area contributed by atoms with Gasteiger partial charge < -0.3 is 15.7 Å². The molecule has 0 aliphatic heterocycles. The number of nitrogens with one attached hydrogen (secondary N) is 2. The Morgan fingerprint density at radius 1 is 1.17 bits per heavy atom. The van der Waals surface area contributed by atoms with Crippen molar-refractivity contribution >= 4 is 11.6 Å². The van der Waals surface area contributed by atoms with Crippen LogP contribution in [0.1, 0.15) is 18.2 Å². The molecule has 122 valence electrons. The van der Waals surface area contributed by atoms with Crippen LogP contribution in [0.5, 0.6) is 5.75 Å². The molecular formula is C18H24N3O2+. The fourth-order valence-corrected chi connectivity index (χ4v) is 2.40. The number of benzene rings is 1. The summed E-state index contributed by atoms with van der Waals surface area (Å²) in [5, 5.41) is 16.2. The van der Waals surface area contributed by atoms with Crippen LogP contribution in [-0.4, -0.2) is 24.1 Å². The monoisotopic (exact) mass is 314 g/mol. The molecule has 1 aromatic heterocycles. The molecule has 0 atom stereocenters. The third-order valence-electron chi connectivity index (χ3n) is 3.75. The highest BCUT2D eigenvalue weighted by Gasteiger charge is 2.15. The molecule has 3 N–H and O–H groups in total. The maximum Gasteiger partial charge on any atom is 0.222 e. The molecule has 0 aliphatic rings. The summed E-state index contributed by atoms with van der Waals surface area (Å²) in [6, 6.07) is 12.1. The van der Waals surface area contributed by atoms with Gasteiger partial charge in [0.15, 0.2) is 12.7 Å². The summed E-state index contributed by atoms with van der Waals surface area (Å²) in [6.07, 6.45) is 2.89. The highest BCUT2D eigenvalue weighted by atomic mass is 16.3. The lowest BCUT2D eigenvalue weighted by Crippen LogP contribution is -2.38. The zero-order valence-corrected chi connectivity index (χ0v) is 13.7. The molecule has 0 spiro atoms. The van der Waals surface area contributed by atoms with E-state index in [9.17, 15) is 9.90 Å². The molecule has 1 heterocycles. The van der Waals surface area contributed by atoms with Crippen LogP contribution < -0.4 is 15.2 Å². The van der Waals surface area contributed by atoms with Crippen molar-refractivity contribution in [2.75, 3.05) is 18.4 Å². The van der Waals surface area contributed by atoms with E-state index in [1.807, 2.05) is 42.0 Å². The Morgan fingerprint density at radius 3 is 2.61 bits per heavy atom. The van der Waals surface area contributed by atoms with Gasteiger partial charge in [0.2, 0.25) is 17.4 Å². The molecule has 0 unspecified atom stereocenters. The molecule has 2 rings (SSSR count). The molecule has 0 saturated carbocycles. The molecule has 0 aliphatic carbocycles. The first-order chi connectivity index (χ1) is 11.1. The van der Waals surface area contributed by atoms with Gasteiger partial charge in [-0.05, 0) is 5.56 Å². The van der Waals surface area contributed by atoms with Crippen LogP contribution in [0.2, 0.25) is 0 Å². The summed E-state index contributed by atoms with van der Waals surface area (Å²) in [6.45, 7) is 5.30. The third kappa shape index (κ3) is 4.98. The first-order valence-corrected chi connectivity index (χ1v) is 7.82. The molecule has 1 amide bonds. The van der Waals surface area contributed by atoms with Crippen LogP contribution in [0, 0.1) is 6.92 Å². The minimum Gasteiger partial charge on any atom is -0.501 e. The van der Waals surface area contributed by atoms with Crippen molar-refractivity contribution in [1.82, 2.24) is 5.32 Å². The molecule has 23 heavy (non-hydrogen) atoms. The second kappa shape index (κ2) is 8.17. The molecule has 0 fully saturated rings. The number of pyridine rings is 1. The van der Waals surface area contributed by atoms with Crippen LogP contribution in [0.4, 0.5) is 5.69 Å². The minimum atomic E-state index is -0.0565. The van der Waals surface area contributed by atoms with Crippen molar-refractivity contribution in [2.45, 2.75) is 26.8 Å². The van der Waals surface area contributed by atoms with Crippen LogP contribution in [0.15, 0.2) is 42.6 Å². The Hall–Kier alpha value is -2.56. The summed E-state index contributed by atoms with van der Waals surface area (Å²) in [4.78, 5) is 10.8. The maximum absolute atomic E-state index is 10.8. The van der Waals surface area contributed by atoms with Gasteiger partial charge in [0, 0.05) is 39.4 Å². The second-order valence-corrected chi connectivity index (χ2v) is 5.50. The molecule has 0 saturated heterocycles. The normalized spacial score (nSPS) is 10.3. The zero-order chi connectivity index (χ0) is 16.7. The summed E-state index contributed by atoms with van der Waals surface area (Å²) < 4.78 is 2.04. The Morgan fingerprint density at radius 2 is 1.91 bits per heavy atom. The molecule has 5 nitrogen and oxygen atoms in total. The van der Waals surface area contributed by atoms with Gasteiger partial charge in [-0.2, -0.15) is 4.57 Å². The lowest BCUT2D eigenvalue weighted by molar-refractivity contribution is -0.702. The number of rotatable bonds is 7. The van der Waals surface area contributed by atoms with Crippen molar-refractivity contribution in [3.63, 3.8) is 0 Å². The Kier molecular flexibility index (Phi) is 5.97. The van der Waals surface area contributed by atoms with Crippen molar-refractivity contribution in [2.24, 2.45) is 0 Å². The summed E-state index contributed by atoms with van der Waals surface area (Å²) >= 11 is 0. The van der Waals surface area contributed by atoms with Crippen LogP contribution in [-0.2, 0) is 17.8 Å². The quantitative estimate of drug-likeness (QED) is 0.539. The molecule has 5 heteroatoms. The van der Waals surface area contributed by atoms with Crippen molar-refractivity contribution in [3.05, 3.63) is 53.9 Å². The summed E-state index contributed by atoms with van der Waals surface area (Å²) in [5.74, 6) is 0.197. The van der Waals surface area contributed by atoms with Crippen molar-refractivity contribution in [1.29, 1.82) is 0 Å². The number of aromatic nitrogens is 1. The van der Waals surface area contributed by atoms with E-state index in [2.05, 4.69) is 22.8 Å². The fourth-order valence-electron chi connectivity index (χ4n) is 2.40. The Labute approximate surface area is 137 Å². The van der Waals surface area contributed by atoms with Gasteiger partial charge in [0.05, 0.1) is 5.69 Å². The van der Waals surface area contributed by atoms with E-state index >= 15 is 0 Å². The highest BCUT2D eigenvalue weighted by Crippen LogP contribution is 2.23. The fraction of sp³-hybridized carbons (Fsp3) is 0.333. The van der Waals surface area contributed by atoms with E-state index in [0.717, 1.165) is 18.7 Å². The topological polar surface area (TPSA) is 65.2 Å². The van der Waals surface area contributed by atoms with E-state index in [-0.39, 0.29) is 11.7 Å². The average molecular weight is 314 g/mol. The highest BCUT2D eigenvalue weighted by molar-refractivity contribution is 5.72. The number of nitrogens with zero attached hydrogens (tertiary/aromatic N) is 1. The average Bonchev–Trinajstić information content (AvgIpc) is 2.55. The lowest BCUT2D eigenvalue weighted by Gasteiger charge is -2.10. The molecule has 1 aromatic carbocycles. The summed E-state index contributed by atoms with van der Waals surface area (Å²) in [5.41, 5.74) is 2.78. The largest absolute Gasteiger partial charge is 0.501 e. The molecular weight excluding hydrogens is 290 g/mol. The van der Waals surface area contributed by atoms with E-state index in [4.69, 9.17) is 0 Å². The van der Waals surface area contributed by atoms with Gasteiger partial charge in [-0.15, -0.1) is 0 Å². The number of hydrogen-bond donors (Lipinski definition) is 3. The predicted molar refractivity (Wildman–Crippen MR) is 90.4 cm³/mol. The number of aryl methyl sites for hydroxylation is 2. The van der Waals surface area contributed by atoms with Crippen LogP contribution in [0.25, 0.3) is 0 Å². The number of carbonyl (C=O) groups excluding carboxylic acids is 1. The third-order valence-corrected chi connectivity index (χ3v) is 3.75. The van der Waals surface area contributed by atoms with Gasteiger partial charge >= 0.3 is 0 Å². The SMILES string of the molecule is CC(=O)NCCNc1cc[n+](CCc2ccccc2)c(C)c1O. The van der Waals surface area contributed by atoms with Crippen molar-refractivity contribution < 1.29 is 14.5 Å². The number of hydrogen-bond acceptors (Lipinski definition) is 3. The van der Waals surface area contributed by atoms with E-state index in [0.29, 0.717) is 18.8 Å². The number of carbonyl (C=O) groups is 1. The van der Waals surface area contributed by atoms with E-state index < -0.39 is 0 Å². The molecule has 2 aromatic rings. The number of amides is 1. The van der Waals surface area contributed by atoms with E-state index in [1.165, 1.54) is 12.5 Å². The summed E-state index contributed by atoms with van der Waals surface area (Å²) in [7, 11) is 0. The van der Waals surface area contributed by atoms with Crippen molar-refractivity contribution in [3.8, 4) is 5.75 Å². The lowest BCUT2D eigenvalue weighted by atomic mass is 10.1. The standard InChI is InChI=1S/C18H23N3O2/c1-14-18(23)17(20-11-10-19-15(2)22)9-13-21(14)12-8-16-6-4-3-5-7-16/h3-7,9,13H,8,10-12H2,1-2H3,(H2,19,22,23)/p+1. The van der Waals surface area contributed by atoms with Crippen LogP contribution >= 0.6 is 0 Å². The first-order valence-electron chi connectivity index (χ1n) is 7.82. The van der Waals surface area contributed by atoms with Gasteiger partial charge in [-0.3, -0.25) is 4.79 Å². The van der Waals surface area contributed by atoms with E-state index in [1.54, 1.807) is 0 Å². The smallest absolute Gasteiger partial charge is 0.222 e. The number of aromatic hydroxyl groups is 1. The van der Waals surface area contributed by atoms with Gasteiger partial charge in [-0.1, -0.05) is 30.3 Å². The van der Waals surface area contributed by atoms with Gasteiger partial charge in [0.25, 0.3) is 0 Å².